The maximum atomic E-state index is 11.7. The van der Waals surface area contributed by atoms with Gasteiger partial charge in [-0.2, -0.15) is 5.10 Å². The Morgan fingerprint density at radius 1 is 1.61 bits per heavy atom. The predicted molar refractivity (Wildman–Crippen MR) is 67.5 cm³/mol. The number of hydrogen-bond donors (Lipinski definition) is 1. The van der Waals surface area contributed by atoms with Gasteiger partial charge in [0, 0.05) is 33.2 Å². The van der Waals surface area contributed by atoms with Crippen molar-refractivity contribution >= 4 is 11.6 Å². The number of aryl methyl sites for hydroxylation is 1. The molecule has 0 aliphatic rings. The number of anilines is 1. The number of rotatable bonds is 7. The van der Waals surface area contributed by atoms with Crippen LogP contribution in [0.5, 0.6) is 0 Å². The Kier molecular flexibility index (Phi) is 5.31. The molecule has 7 heteroatoms. The zero-order chi connectivity index (χ0) is 13.5. The van der Waals surface area contributed by atoms with Crippen molar-refractivity contribution in [3.63, 3.8) is 0 Å². The average molecular weight is 254 g/mol. The fourth-order valence-electron chi connectivity index (χ4n) is 1.37. The van der Waals surface area contributed by atoms with Crippen LogP contribution in [0.1, 0.15) is 6.42 Å². The standard InChI is InChI=1S/C11H18N4O3/c1-14(5-6-18-2)9-7-11(17)15(13-8-9)4-3-10(12)16/h7-8H,3-6H2,1-2H3,(H2,12,16). The first-order chi connectivity index (χ1) is 8.54. The number of carbonyl (C=O) groups is 1. The lowest BCUT2D eigenvalue weighted by atomic mass is 10.4. The number of aromatic nitrogens is 2. The first kappa shape index (κ1) is 14.2. The summed E-state index contributed by atoms with van der Waals surface area (Å²) in [6.07, 6.45) is 1.68. The van der Waals surface area contributed by atoms with Gasteiger partial charge >= 0.3 is 0 Å². The van der Waals surface area contributed by atoms with Crippen LogP contribution in [0.15, 0.2) is 17.1 Å². The van der Waals surface area contributed by atoms with E-state index >= 15 is 0 Å². The van der Waals surface area contributed by atoms with Crippen LogP contribution in [-0.2, 0) is 16.1 Å². The van der Waals surface area contributed by atoms with E-state index < -0.39 is 5.91 Å². The Hall–Kier alpha value is -1.89. The Morgan fingerprint density at radius 2 is 2.33 bits per heavy atom. The van der Waals surface area contributed by atoms with Crippen LogP contribution >= 0.6 is 0 Å². The lowest BCUT2D eigenvalue weighted by Gasteiger charge is -2.18. The molecule has 0 atom stereocenters. The van der Waals surface area contributed by atoms with Gasteiger partial charge in [0.05, 0.1) is 25.0 Å². The fraction of sp³-hybridized carbons (Fsp3) is 0.545. The van der Waals surface area contributed by atoms with Gasteiger partial charge < -0.3 is 15.4 Å². The van der Waals surface area contributed by atoms with Crippen molar-refractivity contribution in [3.8, 4) is 0 Å². The van der Waals surface area contributed by atoms with Crippen molar-refractivity contribution < 1.29 is 9.53 Å². The lowest BCUT2D eigenvalue weighted by Crippen LogP contribution is -2.28. The number of primary amides is 1. The third-order valence-corrected chi connectivity index (χ3v) is 2.50. The summed E-state index contributed by atoms with van der Waals surface area (Å²) in [4.78, 5) is 24.2. The van der Waals surface area contributed by atoms with Crippen molar-refractivity contribution in [2.75, 3.05) is 32.2 Å². The van der Waals surface area contributed by atoms with Gasteiger partial charge in [0.1, 0.15) is 0 Å². The highest BCUT2D eigenvalue weighted by Crippen LogP contribution is 2.06. The molecule has 0 aliphatic heterocycles. The van der Waals surface area contributed by atoms with E-state index in [0.29, 0.717) is 18.8 Å². The molecule has 100 valence electrons. The molecule has 0 radical (unpaired) electrons. The summed E-state index contributed by atoms with van der Waals surface area (Å²) < 4.78 is 6.18. The molecular weight excluding hydrogens is 236 g/mol. The van der Waals surface area contributed by atoms with Crippen molar-refractivity contribution in [2.24, 2.45) is 5.73 Å². The third kappa shape index (κ3) is 4.17. The zero-order valence-electron chi connectivity index (χ0n) is 10.6. The van der Waals surface area contributed by atoms with Crippen LogP contribution in [0.2, 0.25) is 0 Å². The summed E-state index contributed by atoms with van der Waals surface area (Å²) in [5, 5.41) is 3.99. The van der Waals surface area contributed by atoms with Gasteiger partial charge in [-0.05, 0) is 0 Å². The lowest BCUT2D eigenvalue weighted by molar-refractivity contribution is -0.118. The van der Waals surface area contributed by atoms with Crippen LogP contribution in [-0.4, -0.2) is 43.0 Å². The molecule has 18 heavy (non-hydrogen) atoms. The summed E-state index contributed by atoms with van der Waals surface area (Å²) >= 11 is 0. The molecule has 0 saturated heterocycles. The topological polar surface area (TPSA) is 90.4 Å². The molecule has 1 heterocycles. The molecule has 0 aromatic carbocycles. The maximum Gasteiger partial charge on any atom is 0.268 e. The van der Waals surface area contributed by atoms with Gasteiger partial charge in [0.2, 0.25) is 5.91 Å². The van der Waals surface area contributed by atoms with Crippen molar-refractivity contribution in [3.05, 3.63) is 22.6 Å². The monoisotopic (exact) mass is 254 g/mol. The van der Waals surface area contributed by atoms with E-state index in [9.17, 15) is 9.59 Å². The van der Waals surface area contributed by atoms with Gasteiger partial charge in [0.25, 0.3) is 5.56 Å². The molecule has 0 saturated carbocycles. The molecule has 1 rings (SSSR count). The second-order valence-corrected chi connectivity index (χ2v) is 3.91. The number of amides is 1. The first-order valence-electron chi connectivity index (χ1n) is 5.60. The van der Waals surface area contributed by atoms with E-state index in [2.05, 4.69) is 5.10 Å². The highest BCUT2D eigenvalue weighted by molar-refractivity contribution is 5.73. The molecule has 1 amide bonds. The van der Waals surface area contributed by atoms with Gasteiger partial charge in [-0.15, -0.1) is 0 Å². The van der Waals surface area contributed by atoms with E-state index in [0.717, 1.165) is 0 Å². The Morgan fingerprint density at radius 3 is 2.89 bits per heavy atom. The van der Waals surface area contributed by atoms with Gasteiger partial charge in [-0.25, -0.2) is 4.68 Å². The number of carbonyl (C=O) groups excluding carboxylic acids is 1. The van der Waals surface area contributed by atoms with Crippen LogP contribution in [0.3, 0.4) is 0 Å². The van der Waals surface area contributed by atoms with E-state index in [-0.39, 0.29) is 18.5 Å². The SMILES string of the molecule is COCCN(C)c1cnn(CCC(N)=O)c(=O)c1. The zero-order valence-corrected chi connectivity index (χ0v) is 10.6. The highest BCUT2D eigenvalue weighted by Gasteiger charge is 2.05. The van der Waals surface area contributed by atoms with Crippen LogP contribution in [0.25, 0.3) is 0 Å². The van der Waals surface area contributed by atoms with E-state index in [4.69, 9.17) is 10.5 Å². The van der Waals surface area contributed by atoms with Crippen LogP contribution < -0.4 is 16.2 Å². The number of nitrogens with two attached hydrogens (primary N) is 1. The van der Waals surface area contributed by atoms with Gasteiger partial charge in [-0.1, -0.05) is 0 Å². The molecule has 0 fully saturated rings. The van der Waals surface area contributed by atoms with Crippen molar-refractivity contribution in [1.82, 2.24) is 9.78 Å². The Bertz CT molecular complexity index is 458. The highest BCUT2D eigenvalue weighted by atomic mass is 16.5. The van der Waals surface area contributed by atoms with E-state index in [1.54, 1.807) is 13.3 Å². The largest absolute Gasteiger partial charge is 0.383 e. The van der Waals surface area contributed by atoms with E-state index in [1.807, 2.05) is 11.9 Å². The number of nitrogens with zero attached hydrogens (tertiary/aromatic N) is 3. The normalized spacial score (nSPS) is 10.3. The van der Waals surface area contributed by atoms with Gasteiger partial charge in [-0.3, -0.25) is 9.59 Å². The van der Waals surface area contributed by atoms with Crippen molar-refractivity contribution in [2.45, 2.75) is 13.0 Å². The summed E-state index contributed by atoms with van der Waals surface area (Å²) in [7, 11) is 3.47. The Balaban J connectivity index is 2.72. The second kappa shape index (κ2) is 6.75. The molecule has 0 aliphatic carbocycles. The number of ether oxygens (including phenoxy) is 1. The van der Waals surface area contributed by atoms with Crippen LogP contribution in [0.4, 0.5) is 5.69 Å². The molecule has 0 spiro atoms. The quantitative estimate of drug-likeness (QED) is 0.688. The molecule has 0 bridgehead atoms. The summed E-state index contributed by atoms with van der Waals surface area (Å²) in [6.45, 7) is 1.44. The number of methoxy groups -OCH3 is 1. The summed E-state index contributed by atoms with van der Waals surface area (Å²) in [5.41, 5.74) is 5.48. The molecular formula is C11H18N4O3. The number of hydrogen-bond acceptors (Lipinski definition) is 5. The maximum absolute atomic E-state index is 11.7. The number of likely N-dealkylation sites (N-methyl/N-ethyl adjacent to an activating group) is 1. The second-order valence-electron chi connectivity index (χ2n) is 3.91. The first-order valence-corrected chi connectivity index (χ1v) is 5.60. The summed E-state index contributed by atoms with van der Waals surface area (Å²) in [6, 6.07) is 1.48. The molecule has 1 aromatic rings. The average Bonchev–Trinajstić information content (AvgIpc) is 2.34. The van der Waals surface area contributed by atoms with Crippen molar-refractivity contribution in [1.29, 1.82) is 0 Å². The minimum atomic E-state index is -0.454. The minimum absolute atomic E-state index is 0.103. The molecule has 7 nitrogen and oxygen atoms in total. The predicted octanol–water partition coefficient (Wildman–Crippen LogP) is -0.799. The van der Waals surface area contributed by atoms with Crippen LogP contribution in [0, 0.1) is 0 Å². The van der Waals surface area contributed by atoms with Gasteiger partial charge in [0.15, 0.2) is 0 Å². The molecule has 2 N–H and O–H groups in total. The molecule has 1 aromatic heterocycles. The third-order valence-electron chi connectivity index (χ3n) is 2.50. The minimum Gasteiger partial charge on any atom is -0.383 e. The smallest absolute Gasteiger partial charge is 0.268 e. The summed E-state index contributed by atoms with van der Waals surface area (Å²) in [5.74, 6) is -0.454. The molecule has 0 unspecified atom stereocenters. The van der Waals surface area contributed by atoms with E-state index in [1.165, 1.54) is 10.7 Å². The fourth-order valence-corrected chi connectivity index (χ4v) is 1.37. The Labute approximate surface area is 105 Å².